The Morgan fingerprint density at radius 1 is 1.20 bits per heavy atom. The highest BCUT2D eigenvalue weighted by molar-refractivity contribution is 6.26. The molecule has 0 radical (unpaired) electrons. The van der Waals surface area contributed by atoms with Crippen molar-refractivity contribution in [2.75, 3.05) is 13.6 Å². The van der Waals surface area contributed by atoms with Crippen molar-refractivity contribution in [1.29, 1.82) is 0 Å². The summed E-state index contributed by atoms with van der Waals surface area (Å²) in [7, 11) is 1.61. The summed E-state index contributed by atoms with van der Waals surface area (Å²) in [6.45, 7) is 6.15. The number of benzene rings is 1. The van der Waals surface area contributed by atoms with Crippen LogP contribution in [0.4, 0.5) is 0 Å². The highest BCUT2D eigenvalue weighted by Crippen LogP contribution is 2.15. The van der Waals surface area contributed by atoms with Crippen molar-refractivity contribution in [1.82, 2.24) is 10.2 Å². The van der Waals surface area contributed by atoms with Crippen LogP contribution in [0.2, 0.25) is 0 Å². The molecule has 0 saturated carbocycles. The molecule has 1 heterocycles. The van der Waals surface area contributed by atoms with Crippen molar-refractivity contribution in [3.05, 3.63) is 46.4 Å². The Labute approximate surface area is 147 Å². The Morgan fingerprint density at radius 2 is 1.96 bits per heavy atom. The van der Waals surface area contributed by atoms with E-state index in [-0.39, 0.29) is 17.7 Å². The number of hydrogen-bond acceptors (Lipinski definition) is 3. The lowest BCUT2D eigenvalue weighted by Gasteiger charge is -2.26. The largest absolute Gasteiger partial charge is 0.359 e. The second kappa shape index (κ2) is 8.42. The molecule has 1 aliphatic heterocycles. The van der Waals surface area contributed by atoms with Crippen LogP contribution in [-0.2, 0) is 9.59 Å². The number of carbonyl (C=O) groups is 3. The van der Waals surface area contributed by atoms with Gasteiger partial charge in [-0.3, -0.25) is 19.3 Å². The van der Waals surface area contributed by atoms with Crippen LogP contribution >= 0.6 is 0 Å². The second-order valence-electron chi connectivity index (χ2n) is 6.00. The molecule has 1 aromatic rings. The standard InChI is InChI=1S/C20H24N2O3/c1-4-9-15-18-14(2)10-8-11-16(18)20(25)22(19(15)24)13-7-5-6-12-17(23)21-3/h4,8-11H,2,5-7,12-13H2,1,3H3,(H,21,23)/b9-4-. The number of fused-ring (bicyclic) bond motifs is 1. The van der Waals surface area contributed by atoms with E-state index in [1.807, 2.05) is 6.92 Å². The molecule has 1 N–H and O–H groups in total. The molecule has 0 fully saturated rings. The van der Waals surface area contributed by atoms with Crippen molar-refractivity contribution in [2.45, 2.75) is 32.6 Å². The van der Waals surface area contributed by atoms with Crippen molar-refractivity contribution in [3.63, 3.8) is 0 Å². The normalized spacial score (nSPS) is 14.2. The summed E-state index contributed by atoms with van der Waals surface area (Å²) in [5, 5.41) is 3.89. The molecule has 0 unspecified atom stereocenters. The van der Waals surface area contributed by atoms with Gasteiger partial charge in [0.15, 0.2) is 0 Å². The van der Waals surface area contributed by atoms with Crippen molar-refractivity contribution < 1.29 is 14.4 Å². The minimum absolute atomic E-state index is 0.00531. The highest BCUT2D eigenvalue weighted by atomic mass is 16.2. The van der Waals surface area contributed by atoms with Gasteiger partial charge >= 0.3 is 0 Å². The average Bonchev–Trinajstić information content (AvgIpc) is 2.60. The fourth-order valence-corrected chi connectivity index (χ4v) is 2.97. The maximum atomic E-state index is 12.8. The lowest BCUT2D eigenvalue weighted by atomic mass is 9.98. The van der Waals surface area contributed by atoms with Crippen LogP contribution in [0.15, 0.2) is 30.4 Å². The summed E-state index contributed by atoms with van der Waals surface area (Å²) < 4.78 is 0. The third-order valence-corrected chi connectivity index (χ3v) is 4.27. The smallest absolute Gasteiger partial charge is 0.261 e. The van der Waals surface area contributed by atoms with E-state index in [1.165, 1.54) is 4.90 Å². The first kappa shape index (κ1) is 18.6. The number of nitrogens with one attached hydrogen (secondary N) is 1. The summed E-state index contributed by atoms with van der Waals surface area (Å²) in [4.78, 5) is 38.0. The first-order valence-electron chi connectivity index (χ1n) is 8.53. The molecule has 0 aliphatic carbocycles. The number of unbranched alkanes of at least 4 members (excludes halogenated alkanes) is 2. The summed E-state index contributed by atoms with van der Waals surface area (Å²) in [5.41, 5.74) is 1.03. The van der Waals surface area contributed by atoms with Gasteiger partial charge in [0.25, 0.3) is 11.8 Å². The van der Waals surface area contributed by atoms with Gasteiger partial charge in [-0.2, -0.15) is 0 Å². The van der Waals surface area contributed by atoms with E-state index in [0.29, 0.717) is 41.0 Å². The number of imide groups is 1. The molecule has 2 rings (SSSR count). The van der Waals surface area contributed by atoms with Crippen LogP contribution in [0.25, 0.3) is 12.2 Å². The first-order chi connectivity index (χ1) is 12.0. The Balaban J connectivity index is 2.18. The molecular weight excluding hydrogens is 316 g/mol. The predicted molar refractivity (Wildman–Crippen MR) is 98.0 cm³/mol. The third kappa shape index (κ3) is 4.05. The van der Waals surface area contributed by atoms with E-state index in [0.717, 1.165) is 12.8 Å². The van der Waals surface area contributed by atoms with E-state index in [2.05, 4.69) is 11.9 Å². The molecule has 0 spiro atoms. The third-order valence-electron chi connectivity index (χ3n) is 4.27. The minimum atomic E-state index is -0.280. The Morgan fingerprint density at radius 3 is 2.64 bits per heavy atom. The Kier molecular flexibility index (Phi) is 6.28. The zero-order valence-corrected chi connectivity index (χ0v) is 14.8. The zero-order chi connectivity index (χ0) is 18.4. The molecule has 0 bridgehead atoms. The van der Waals surface area contributed by atoms with Gasteiger partial charge in [0.2, 0.25) is 5.91 Å². The predicted octanol–water partition coefficient (Wildman–Crippen LogP) is 1.11. The van der Waals surface area contributed by atoms with Gasteiger partial charge in [-0.25, -0.2) is 0 Å². The Bertz CT molecular complexity index is 824. The monoisotopic (exact) mass is 340 g/mol. The number of hydrogen-bond donors (Lipinski definition) is 1. The molecule has 0 saturated heterocycles. The molecule has 5 heteroatoms. The van der Waals surface area contributed by atoms with Gasteiger partial charge in [0, 0.05) is 36.4 Å². The Hall–Kier alpha value is -2.69. The van der Waals surface area contributed by atoms with Crippen LogP contribution in [0, 0.1) is 0 Å². The quantitative estimate of drug-likeness (QED) is 0.597. The van der Waals surface area contributed by atoms with Gasteiger partial charge < -0.3 is 5.32 Å². The maximum absolute atomic E-state index is 12.8. The second-order valence-corrected chi connectivity index (χ2v) is 6.00. The van der Waals surface area contributed by atoms with E-state index >= 15 is 0 Å². The lowest BCUT2D eigenvalue weighted by Crippen LogP contribution is -2.49. The van der Waals surface area contributed by atoms with Crippen LogP contribution in [0.3, 0.4) is 0 Å². The number of allylic oxidation sites excluding steroid dienone is 1. The van der Waals surface area contributed by atoms with Gasteiger partial charge in [-0.1, -0.05) is 37.3 Å². The molecule has 1 aromatic carbocycles. The van der Waals surface area contributed by atoms with Gasteiger partial charge in [0.05, 0.1) is 0 Å². The fraction of sp³-hybridized carbons (Fsp3) is 0.350. The minimum Gasteiger partial charge on any atom is -0.359 e. The van der Waals surface area contributed by atoms with Crippen molar-refractivity contribution in [2.24, 2.45) is 0 Å². The van der Waals surface area contributed by atoms with Crippen LogP contribution in [-0.4, -0.2) is 36.2 Å². The summed E-state index contributed by atoms with van der Waals surface area (Å²) >= 11 is 0. The van der Waals surface area contributed by atoms with Crippen LogP contribution in [0.1, 0.15) is 43.0 Å². The van der Waals surface area contributed by atoms with E-state index in [1.54, 1.807) is 37.4 Å². The van der Waals surface area contributed by atoms with Crippen LogP contribution in [0.5, 0.6) is 0 Å². The van der Waals surface area contributed by atoms with Crippen molar-refractivity contribution in [3.8, 4) is 0 Å². The molecule has 1 aliphatic rings. The van der Waals surface area contributed by atoms with Gasteiger partial charge in [-0.05, 0) is 31.1 Å². The number of rotatable bonds is 7. The summed E-state index contributed by atoms with van der Waals surface area (Å²) in [6.07, 6.45) is 6.19. The summed E-state index contributed by atoms with van der Waals surface area (Å²) in [6, 6.07) is 5.32. The topological polar surface area (TPSA) is 66.5 Å². The molecule has 25 heavy (non-hydrogen) atoms. The van der Waals surface area contributed by atoms with Gasteiger partial charge in [-0.15, -0.1) is 0 Å². The van der Waals surface area contributed by atoms with Crippen molar-refractivity contribution >= 4 is 29.9 Å². The average molecular weight is 340 g/mol. The number of nitrogens with zero attached hydrogens (tertiary/aromatic N) is 1. The SMILES string of the molecule is C=c1cccc2c1=C(/C=C\C)C(=O)N(CCCCCC(=O)NC)C2=O. The maximum Gasteiger partial charge on any atom is 0.261 e. The summed E-state index contributed by atoms with van der Waals surface area (Å²) in [5.74, 6) is -0.547. The molecule has 5 nitrogen and oxygen atoms in total. The lowest BCUT2D eigenvalue weighted by molar-refractivity contribution is -0.123. The highest BCUT2D eigenvalue weighted by Gasteiger charge is 2.30. The van der Waals surface area contributed by atoms with Gasteiger partial charge in [0.1, 0.15) is 0 Å². The number of amides is 3. The van der Waals surface area contributed by atoms with Crippen LogP contribution < -0.4 is 15.8 Å². The zero-order valence-electron chi connectivity index (χ0n) is 14.8. The molecular formula is C20H24N2O3. The van der Waals surface area contributed by atoms with E-state index in [9.17, 15) is 14.4 Å². The number of carbonyl (C=O) groups excluding carboxylic acids is 3. The fourth-order valence-electron chi connectivity index (χ4n) is 2.97. The molecule has 0 aromatic heterocycles. The molecule has 3 amide bonds. The van der Waals surface area contributed by atoms with E-state index < -0.39 is 0 Å². The van der Waals surface area contributed by atoms with E-state index in [4.69, 9.17) is 0 Å². The first-order valence-corrected chi connectivity index (χ1v) is 8.53. The molecule has 0 atom stereocenters. The molecule has 132 valence electrons.